The van der Waals surface area contributed by atoms with E-state index in [4.69, 9.17) is 14.7 Å². The molecule has 1 aromatic heterocycles. The third-order valence-corrected chi connectivity index (χ3v) is 4.90. The Morgan fingerprint density at radius 2 is 2.14 bits per heavy atom. The number of aromatic nitrogens is 2. The molecule has 0 amide bonds. The summed E-state index contributed by atoms with van der Waals surface area (Å²) >= 11 is 3.61. The Labute approximate surface area is 136 Å². The third kappa shape index (κ3) is 4.39. The van der Waals surface area contributed by atoms with Crippen molar-refractivity contribution in [2.75, 3.05) is 19.0 Å². The highest BCUT2D eigenvalue weighted by Gasteiger charge is 2.24. The van der Waals surface area contributed by atoms with Crippen LogP contribution in [0, 0.1) is 5.92 Å². The van der Waals surface area contributed by atoms with Crippen LogP contribution in [-0.2, 0) is 11.3 Å². The Bertz CT molecular complexity index is 467. The molecule has 0 radical (unpaired) electrons. The number of hydrogen-bond donors (Lipinski definition) is 1. The lowest BCUT2D eigenvalue weighted by Gasteiger charge is -2.26. The van der Waals surface area contributed by atoms with Gasteiger partial charge in [-0.3, -0.25) is 0 Å². The van der Waals surface area contributed by atoms with Gasteiger partial charge in [0.15, 0.2) is 0 Å². The van der Waals surface area contributed by atoms with E-state index >= 15 is 0 Å². The lowest BCUT2D eigenvalue weighted by molar-refractivity contribution is 0.180. The molecule has 1 aliphatic carbocycles. The van der Waals surface area contributed by atoms with Crippen LogP contribution < -0.4 is 5.32 Å². The number of ether oxygens (including phenoxy) is 1. The van der Waals surface area contributed by atoms with Crippen molar-refractivity contribution < 1.29 is 4.74 Å². The Morgan fingerprint density at radius 1 is 1.33 bits per heavy atom. The molecule has 0 saturated heterocycles. The Morgan fingerprint density at radius 3 is 2.81 bits per heavy atom. The van der Waals surface area contributed by atoms with Gasteiger partial charge in [0.1, 0.15) is 11.6 Å². The number of halogens is 1. The summed E-state index contributed by atoms with van der Waals surface area (Å²) in [5, 5.41) is 3.40. The molecule has 5 heteroatoms. The SMILES string of the molecule is CCCNc1nc(C2CCCC(C)C2)nc(COC)c1Br. The molecule has 21 heavy (non-hydrogen) atoms. The number of rotatable bonds is 6. The summed E-state index contributed by atoms with van der Waals surface area (Å²) in [6.07, 6.45) is 6.08. The fourth-order valence-corrected chi connectivity index (χ4v) is 3.39. The van der Waals surface area contributed by atoms with Crippen molar-refractivity contribution >= 4 is 21.7 Å². The molecule has 1 heterocycles. The Balaban J connectivity index is 2.28. The number of anilines is 1. The first-order valence-electron chi connectivity index (χ1n) is 7.94. The van der Waals surface area contributed by atoms with Gasteiger partial charge in [-0.15, -0.1) is 0 Å². The van der Waals surface area contributed by atoms with Gasteiger partial charge in [0.05, 0.1) is 16.8 Å². The highest BCUT2D eigenvalue weighted by atomic mass is 79.9. The van der Waals surface area contributed by atoms with Crippen LogP contribution in [0.3, 0.4) is 0 Å². The summed E-state index contributed by atoms with van der Waals surface area (Å²) in [4.78, 5) is 9.55. The first kappa shape index (κ1) is 16.7. The molecule has 1 aromatic rings. The maximum atomic E-state index is 5.28. The molecule has 118 valence electrons. The maximum absolute atomic E-state index is 5.28. The van der Waals surface area contributed by atoms with Gasteiger partial charge in [0.25, 0.3) is 0 Å². The van der Waals surface area contributed by atoms with E-state index in [9.17, 15) is 0 Å². The van der Waals surface area contributed by atoms with E-state index in [0.29, 0.717) is 12.5 Å². The van der Waals surface area contributed by atoms with Crippen LogP contribution in [0.15, 0.2) is 4.47 Å². The van der Waals surface area contributed by atoms with Crippen molar-refractivity contribution in [3.8, 4) is 0 Å². The summed E-state index contributed by atoms with van der Waals surface area (Å²) in [5.41, 5.74) is 0.944. The molecular formula is C16H26BrN3O. The number of methoxy groups -OCH3 is 1. The van der Waals surface area contributed by atoms with Crippen LogP contribution in [-0.4, -0.2) is 23.6 Å². The number of nitrogens with one attached hydrogen (secondary N) is 1. The van der Waals surface area contributed by atoms with E-state index in [1.165, 1.54) is 25.7 Å². The molecular weight excluding hydrogens is 330 g/mol. The van der Waals surface area contributed by atoms with E-state index < -0.39 is 0 Å². The van der Waals surface area contributed by atoms with Crippen LogP contribution >= 0.6 is 15.9 Å². The molecule has 1 fully saturated rings. The molecule has 2 atom stereocenters. The molecule has 1 saturated carbocycles. The zero-order valence-electron chi connectivity index (χ0n) is 13.3. The molecule has 0 aromatic carbocycles. The van der Waals surface area contributed by atoms with Crippen molar-refractivity contribution in [2.24, 2.45) is 5.92 Å². The molecule has 4 nitrogen and oxygen atoms in total. The smallest absolute Gasteiger partial charge is 0.144 e. The zero-order chi connectivity index (χ0) is 15.2. The Kier molecular flexibility index (Phi) is 6.42. The fraction of sp³-hybridized carbons (Fsp3) is 0.750. The van der Waals surface area contributed by atoms with Gasteiger partial charge in [-0.25, -0.2) is 9.97 Å². The van der Waals surface area contributed by atoms with Gasteiger partial charge in [-0.2, -0.15) is 0 Å². The van der Waals surface area contributed by atoms with E-state index in [1.807, 2.05) is 0 Å². The van der Waals surface area contributed by atoms with Crippen molar-refractivity contribution in [1.29, 1.82) is 0 Å². The molecule has 2 rings (SSSR count). The molecule has 2 unspecified atom stereocenters. The van der Waals surface area contributed by atoms with Gasteiger partial charge in [0.2, 0.25) is 0 Å². The minimum Gasteiger partial charge on any atom is -0.378 e. The van der Waals surface area contributed by atoms with Crippen molar-refractivity contribution in [2.45, 2.75) is 58.5 Å². The highest BCUT2D eigenvalue weighted by Crippen LogP contribution is 2.36. The predicted octanol–water partition coefficient (Wildman–Crippen LogP) is 4.50. The lowest BCUT2D eigenvalue weighted by Crippen LogP contribution is -2.17. The van der Waals surface area contributed by atoms with E-state index in [-0.39, 0.29) is 0 Å². The van der Waals surface area contributed by atoms with Crippen LogP contribution in [0.1, 0.15) is 63.4 Å². The van der Waals surface area contributed by atoms with Crippen LogP contribution in [0.5, 0.6) is 0 Å². The molecule has 0 aliphatic heterocycles. The lowest BCUT2D eigenvalue weighted by atomic mass is 9.82. The summed E-state index contributed by atoms with van der Waals surface area (Å²) in [5.74, 6) is 3.15. The van der Waals surface area contributed by atoms with E-state index in [0.717, 1.165) is 40.7 Å². The minimum absolute atomic E-state index is 0.486. The van der Waals surface area contributed by atoms with Crippen LogP contribution in [0.2, 0.25) is 0 Å². The monoisotopic (exact) mass is 355 g/mol. The Hall–Kier alpha value is -0.680. The van der Waals surface area contributed by atoms with Crippen LogP contribution in [0.4, 0.5) is 5.82 Å². The second-order valence-electron chi connectivity index (χ2n) is 6.02. The van der Waals surface area contributed by atoms with Gasteiger partial charge in [0, 0.05) is 19.6 Å². The zero-order valence-corrected chi connectivity index (χ0v) is 14.9. The van der Waals surface area contributed by atoms with Gasteiger partial charge < -0.3 is 10.1 Å². The standard InChI is InChI=1S/C16H26BrN3O/c1-4-8-18-16-14(17)13(10-21-3)19-15(20-16)12-7-5-6-11(2)9-12/h11-12H,4-10H2,1-3H3,(H,18,19,20). The molecule has 0 bridgehead atoms. The topological polar surface area (TPSA) is 47.0 Å². The summed E-state index contributed by atoms with van der Waals surface area (Å²) in [6, 6.07) is 0. The van der Waals surface area contributed by atoms with E-state index in [2.05, 4.69) is 35.1 Å². The largest absolute Gasteiger partial charge is 0.378 e. The molecule has 1 aliphatic rings. The summed E-state index contributed by atoms with van der Waals surface area (Å²) in [7, 11) is 1.70. The average molecular weight is 356 g/mol. The van der Waals surface area contributed by atoms with Gasteiger partial charge in [-0.05, 0) is 41.1 Å². The predicted molar refractivity (Wildman–Crippen MR) is 89.6 cm³/mol. The van der Waals surface area contributed by atoms with Crippen molar-refractivity contribution in [1.82, 2.24) is 9.97 Å². The first-order valence-corrected chi connectivity index (χ1v) is 8.74. The van der Waals surface area contributed by atoms with Crippen molar-refractivity contribution in [3.63, 3.8) is 0 Å². The highest BCUT2D eigenvalue weighted by molar-refractivity contribution is 9.10. The average Bonchev–Trinajstić information content (AvgIpc) is 2.48. The fourth-order valence-electron chi connectivity index (χ4n) is 2.96. The van der Waals surface area contributed by atoms with E-state index in [1.54, 1.807) is 7.11 Å². The van der Waals surface area contributed by atoms with Gasteiger partial charge in [-0.1, -0.05) is 26.7 Å². The van der Waals surface area contributed by atoms with Gasteiger partial charge >= 0.3 is 0 Å². The van der Waals surface area contributed by atoms with Crippen LogP contribution in [0.25, 0.3) is 0 Å². The second kappa shape index (κ2) is 8.08. The molecule has 0 spiro atoms. The molecule has 1 N–H and O–H groups in total. The maximum Gasteiger partial charge on any atom is 0.144 e. The van der Waals surface area contributed by atoms with Crippen molar-refractivity contribution in [3.05, 3.63) is 16.0 Å². The number of hydrogen-bond acceptors (Lipinski definition) is 4. The first-order chi connectivity index (χ1) is 10.2. The number of nitrogens with zero attached hydrogens (tertiary/aromatic N) is 2. The summed E-state index contributed by atoms with van der Waals surface area (Å²) in [6.45, 7) is 5.92. The third-order valence-electron chi connectivity index (χ3n) is 4.06. The second-order valence-corrected chi connectivity index (χ2v) is 6.81. The quantitative estimate of drug-likeness (QED) is 0.815. The minimum atomic E-state index is 0.486. The normalized spacial score (nSPS) is 22.3. The summed E-state index contributed by atoms with van der Waals surface area (Å²) < 4.78 is 6.22.